The molecule has 26 heavy (non-hydrogen) atoms. The smallest absolute Gasteiger partial charge is 0.270 e. The first-order valence-electron chi connectivity index (χ1n) is 8.06. The maximum Gasteiger partial charge on any atom is 0.270 e. The minimum Gasteiger partial charge on any atom is -0.485 e. The van der Waals surface area contributed by atoms with Crippen LogP contribution in [0.1, 0.15) is 10.4 Å². The van der Waals surface area contributed by atoms with Gasteiger partial charge in [0.15, 0.2) is 16.6 Å². The van der Waals surface area contributed by atoms with Gasteiger partial charge < -0.3 is 9.47 Å². The SMILES string of the molecule is O=C(Nc1ncc(Cc2ccccc2Cl)s1)[C@H]1COc2ccccc2O1. The first-order valence-corrected chi connectivity index (χ1v) is 9.26. The molecule has 2 aromatic carbocycles. The molecule has 0 radical (unpaired) electrons. The van der Waals surface area contributed by atoms with E-state index in [1.54, 1.807) is 12.3 Å². The molecule has 132 valence electrons. The number of anilines is 1. The summed E-state index contributed by atoms with van der Waals surface area (Å²) in [4.78, 5) is 17.7. The molecule has 0 unspecified atom stereocenters. The maximum atomic E-state index is 12.4. The molecule has 0 spiro atoms. The van der Waals surface area contributed by atoms with Crippen molar-refractivity contribution in [2.75, 3.05) is 11.9 Å². The van der Waals surface area contributed by atoms with Crippen molar-refractivity contribution in [1.82, 2.24) is 4.98 Å². The fraction of sp³-hybridized carbons (Fsp3) is 0.158. The van der Waals surface area contributed by atoms with Gasteiger partial charge in [-0.3, -0.25) is 10.1 Å². The van der Waals surface area contributed by atoms with E-state index < -0.39 is 6.10 Å². The number of carbonyl (C=O) groups excluding carboxylic acids is 1. The summed E-state index contributed by atoms with van der Waals surface area (Å²) in [7, 11) is 0. The molecule has 1 amide bonds. The van der Waals surface area contributed by atoms with Crippen molar-refractivity contribution < 1.29 is 14.3 Å². The van der Waals surface area contributed by atoms with E-state index in [2.05, 4.69) is 10.3 Å². The summed E-state index contributed by atoms with van der Waals surface area (Å²) in [6, 6.07) is 15.0. The number of fused-ring (bicyclic) bond motifs is 1. The van der Waals surface area contributed by atoms with Crippen molar-refractivity contribution in [1.29, 1.82) is 0 Å². The van der Waals surface area contributed by atoms with Gasteiger partial charge in [0.2, 0.25) is 6.10 Å². The van der Waals surface area contributed by atoms with Crippen LogP contribution in [0.4, 0.5) is 5.13 Å². The molecule has 1 atom stereocenters. The van der Waals surface area contributed by atoms with E-state index in [-0.39, 0.29) is 12.5 Å². The van der Waals surface area contributed by atoms with Crippen molar-refractivity contribution in [2.24, 2.45) is 0 Å². The Morgan fingerprint density at radius 3 is 2.81 bits per heavy atom. The lowest BCUT2D eigenvalue weighted by atomic mass is 10.1. The number of benzene rings is 2. The standard InChI is InChI=1S/C19H15ClN2O3S/c20-14-6-2-1-5-12(14)9-13-10-21-19(26-13)22-18(23)17-11-24-15-7-3-4-8-16(15)25-17/h1-8,10,17H,9,11H2,(H,21,22,23)/t17-/m1/s1. The highest BCUT2D eigenvalue weighted by molar-refractivity contribution is 7.15. The third-order valence-electron chi connectivity index (χ3n) is 3.91. The largest absolute Gasteiger partial charge is 0.485 e. The average Bonchev–Trinajstić information content (AvgIpc) is 3.10. The number of ether oxygens (including phenoxy) is 2. The van der Waals surface area contributed by atoms with Crippen molar-refractivity contribution in [3.63, 3.8) is 0 Å². The van der Waals surface area contributed by atoms with E-state index in [0.717, 1.165) is 15.5 Å². The number of thiazole rings is 1. The average molecular weight is 387 g/mol. The van der Waals surface area contributed by atoms with Crippen molar-refractivity contribution >= 4 is 34.0 Å². The summed E-state index contributed by atoms with van der Waals surface area (Å²) >= 11 is 7.61. The van der Waals surface area contributed by atoms with Crippen LogP contribution in [0, 0.1) is 0 Å². The summed E-state index contributed by atoms with van der Waals surface area (Å²) in [5.41, 5.74) is 1.02. The van der Waals surface area contributed by atoms with Gasteiger partial charge in [0, 0.05) is 22.5 Å². The number of nitrogens with zero attached hydrogens (tertiary/aromatic N) is 1. The van der Waals surface area contributed by atoms with Crippen LogP contribution in [0.3, 0.4) is 0 Å². The second-order valence-electron chi connectivity index (χ2n) is 5.75. The van der Waals surface area contributed by atoms with Gasteiger partial charge in [-0.1, -0.05) is 41.9 Å². The molecule has 1 aliphatic heterocycles. The van der Waals surface area contributed by atoms with E-state index in [0.29, 0.717) is 23.1 Å². The van der Waals surface area contributed by atoms with Gasteiger partial charge in [-0.2, -0.15) is 0 Å². The quantitative estimate of drug-likeness (QED) is 0.731. The molecule has 3 aromatic rings. The zero-order valence-corrected chi connectivity index (χ0v) is 15.2. The molecule has 1 aromatic heterocycles. The van der Waals surface area contributed by atoms with E-state index in [4.69, 9.17) is 21.1 Å². The third-order valence-corrected chi connectivity index (χ3v) is 5.19. The Morgan fingerprint density at radius 1 is 1.19 bits per heavy atom. The molecule has 5 nitrogen and oxygen atoms in total. The first kappa shape index (κ1) is 16.9. The molecule has 1 N–H and O–H groups in total. The van der Waals surface area contributed by atoms with Gasteiger partial charge >= 0.3 is 0 Å². The van der Waals surface area contributed by atoms with Gasteiger partial charge in [-0.05, 0) is 23.8 Å². The molecule has 7 heteroatoms. The number of rotatable bonds is 4. The fourth-order valence-electron chi connectivity index (χ4n) is 2.61. The van der Waals surface area contributed by atoms with Crippen LogP contribution in [0.5, 0.6) is 11.5 Å². The predicted octanol–water partition coefficient (Wildman–Crippen LogP) is 4.17. The Hall–Kier alpha value is -2.57. The van der Waals surface area contributed by atoms with Gasteiger partial charge in [0.1, 0.15) is 6.61 Å². The van der Waals surface area contributed by atoms with Crippen LogP contribution in [-0.2, 0) is 11.2 Å². The highest BCUT2D eigenvalue weighted by Crippen LogP contribution is 2.31. The summed E-state index contributed by atoms with van der Waals surface area (Å²) < 4.78 is 11.3. The van der Waals surface area contributed by atoms with Crippen LogP contribution in [0.25, 0.3) is 0 Å². The number of halogens is 1. The van der Waals surface area contributed by atoms with Crippen LogP contribution in [-0.4, -0.2) is 23.6 Å². The highest BCUT2D eigenvalue weighted by atomic mass is 35.5. The molecule has 0 saturated heterocycles. The van der Waals surface area contributed by atoms with Gasteiger partial charge in [0.25, 0.3) is 5.91 Å². The van der Waals surface area contributed by atoms with Gasteiger partial charge in [0.05, 0.1) is 0 Å². The Balaban J connectivity index is 1.40. The van der Waals surface area contributed by atoms with E-state index in [9.17, 15) is 4.79 Å². The fourth-order valence-corrected chi connectivity index (χ4v) is 3.65. The zero-order valence-electron chi connectivity index (χ0n) is 13.6. The number of para-hydroxylation sites is 2. The minimum atomic E-state index is -0.708. The molecule has 4 rings (SSSR count). The lowest BCUT2D eigenvalue weighted by molar-refractivity contribution is -0.125. The molecule has 0 saturated carbocycles. The summed E-state index contributed by atoms with van der Waals surface area (Å²) in [5.74, 6) is 0.934. The van der Waals surface area contributed by atoms with Crippen LogP contribution >= 0.6 is 22.9 Å². The van der Waals surface area contributed by atoms with Crippen molar-refractivity contribution in [3.05, 3.63) is 70.2 Å². The third kappa shape index (κ3) is 3.66. The molecule has 2 heterocycles. The van der Waals surface area contributed by atoms with Gasteiger partial charge in [-0.15, -0.1) is 11.3 Å². The molecule has 0 bridgehead atoms. The number of hydrogen-bond donors (Lipinski definition) is 1. The second-order valence-corrected chi connectivity index (χ2v) is 7.28. The highest BCUT2D eigenvalue weighted by Gasteiger charge is 2.27. The predicted molar refractivity (Wildman–Crippen MR) is 101 cm³/mol. The maximum absolute atomic E-state index is 12.4. The van der Waals surface area contributed by atoms with E-state index >= 15 is 0 Å². The monoisotopic (exact) mass is 386 g/mol. The van der Waals surface area contributed by atoms with Crippen LogP contribution in [0.2, 0.25) is 5.02 Å². The van der Waals surface area contributed by atoms with E-state index in [1.165, 1.54) is 11.3 Å². The summed E-state index contributed by atoms with van der Waals surface area (Å²) in [6.07, 6.45) is 1.71. The van der Waals surface area contributed by atoms with Gasteiger partial charge in [-0.25, -0.2) is 4.98 Å². The lowest BCUT2D eigenvalue weighted by Gasteiger charge is -2.25. The Morgan fingerprint density at radius 2 is 1.96 bits per heavy atom. The Kier molecular flexibility index (Phi) is 4.77. The number of amides is 1. The second kappa shape index (κ2) is 7.35. The number of hydrogen-bond acceptors (Lipinski definition) is 5. The normalized spacial score (nSPS) is 15.5. The number of aromatic nitrogens is 1. The number of carbonyl (C=O) groups is 1. The Labute approximate surface area is 159 Å². The van der Waals surface area contributed by atoms with Crippen molar-refractivity contribution in [3.8, 4) is 11.5 Å². The molecule has 0 aliphatic carbocycles. The number of nitrogens with one attached hydrogen (secondary N) is 1. The topological polar surface area (TPSA) is 60.5 Å². The minimum absolute atomic E-state index is 0.167. The zero-order chi connectivity index (χ0) is 17.9. The van der Waals surface area contributed by atoms with Crippen LogP contribution in [0.15, 0.2) is 54.7 Å². The van der Waals surface area contributed by atoms with E-state index in [1.807, 2.05) is 42.5 Å². The van der Waals surface area contributed by atoms with Crippen LogP contribution < -0.4 is 14.8 Å². The molecular weight excluding hydrogens is 372 g/mol. The molecular formula is C19H15ClN2O3S. The van der Waals surface area contributed by atoms with Crippen molar-refractivity contribution in [2.45, 2.75) is 12.5 Å². The Bertz CT molecular complexity index is 944. The molecule has 0 fully saturated rings. The lowest BCUT2D eigenvalue weighted by Crippen LogP contribution is -2.40. The summed E-state index contributed by atoms with van der Waals surface area (Å²) in [5, 5.41) is 4.04. The summed E-state index contributed by atoms with van der Waals surface area (Å²) in [6.45, 7) is 0.167. The first-order chi connectivity index (χ1) is 12.7. The molecule has 1 aliphatic rings.